The Balaban J connectivity index is 1.60. The van der Waals surface area contributed by atoms with E-state index in [4.69, 9.17) is 9.47 Å². The molecule has 1 aliphatic heterocycles. The summed E-state index contributed by atoms with van der Waals surface area (Å²) >= 11 is 0. The van der Waals surface area contributed by atoms with Crippen molar-refractivity contribution in [2.45, 2.75) is 0 Å². The Morgan fingerprint density at radius 3 is 2.28 bits per heavy atom. The standard InChI is InChI=1S/C23H18FNO4/c24-17-5-7-18(8-6-17)25-20-13-15(3-9-19(20)23(26)27)1-2-16-4-10-21-22(14-16)29-12-11-28-21/h1-10,13-14,25H,11-12H2,(H,26,27). The van der Waals surface area contributed by atoms with E-state index < -0.39 is 5.97 Å². The summed E-state index contributed by atoms with van der Waals surface area (Å²) in [5.41, 5.74) is 2.90. The molecule has 0 atom stereocenters. The lowest BCUT2D eigenvalue weighted by atomic mass is 10.1. The second-order valence-corrected chi connectivity index (χ2v) is 6.48. The maximum Gasteiger partial charge on any atom is 0.337 e. The molecular formula is C23H18FNO4. The normalized spacial score (nSPS) is 12.7. The van der Waals surface area contributed by atoms with Gasteiger partial charge >= 0.3 is 5.97 Å². The summed E-state index contributed by atoms with van der Waals surface area (Å²) in [5, 5.41) is 12.5. The maximum atomic E-state index is 13.1. The number of benzene rings is 3. The van der Waals surface area contributed by atoms with Gasteiger partial charge in [-0.1, -0.05) is 24.3 Å². The van der Waals surface area contributed by atoms with Crippen LogP contribution in [0.15, 0.2) is 60.7 Å². The predicted molar refractivity (Wildman–Crippen MR) is 109 cm³/mol. The number of ether oxygens (including phenoxy) is 2. The molecule has 3 aromatic carbocycles. The summed E-state index contributed by atoms with van der Waals surface area (Å²) in [4.78, 5) is 11.5. The Kier molecular flexibility index (Phi) is 5.16. The average Bonchev–Trinajstić information content (AvgIpc) is 2.73. The van der Waals surface area contributed by atoms with Crippen molar-refractivity contribution in [3.8, 4) is 11.5 Å². The minimum Gasteiger partial charge on any atom is -0.486 e. The van der Waals surface area contributed by atoms with Crippen LogP contribution >= 0.6 is 0 Å². The van der Waals surface area contributed by atoms with E-state index in [-0.39, 0.29) is 11.4 Å². The summed E-state index contributed by atoms with van der Waals surface area (Å²) in [5.74, 6) is 0.0328. The van der Waals surface area contributed by atoms with Crippen molar-refractivity contribution in [3.63, 3.8) is 0 Å². The highest BCUT2D eigenvalue weighted by molar-refractivity contribution is 5.96. The molecule has 146 valence electrons. The van der Waals surface area contributed by atoms with E-state index in [0.717, 1.165) is 16.9 Å². The average molecular weight is 391 g/mol. The van der Waals surface area contributed by atoms with Crippen LogP contribution in [0.4, 0.5) is 15.8 Å². The topological polar surface area (TPSA) is 67.8 Å². The third-order valence-corrected chi connectivity index (χ3v) is 4.43. The van der Waals surface area contributed by atoms with Crippen LogP contribution in [0, 0.1) is 5.82 Å². The predicted octanol–water partition coefficient (Wildman–Crippen LogP) is 5.21. The van der Waals surface area contributed by atoms with Crippen LogP contribution in [0.1, 0.15) is 21.5 Å². The molecule has 0 spiro atoms. The molecule has 0 radical (unpaired) electrons. The summed E-state index contributed by atoms with van der Waals surface area (Å²) < 4.78 is 24.2. The van der Waals surface area contributed by atoms with Gasteiger partial charge in [0.2, 0.25) is 0 Å². The van der Waals surface area contributed by atoms with Crippen molar-refractivity contribution in [2.24, 2.45) is 0 Å². The highest BCUT2D eigenvalue weighted by Crippen LogP contribution is 2.31. The Morgan fingerprint density at radius 2 is 1.55 bits per heavy atom. The van der Waals surface area contributed by atoms with Crippen LogP contribution in [0.3, 0.4) is 0 Å². The zero-order valence-electron chi connectivity index (χ0n) is 15.4. The summed E-state index contributed by atoms with van der Waals surface area (Å²) in [6, 6.07) is 16.4. The number of rotatable bonds is 5. The number of hydrogen-bond acceptors (Lipinski definition) is 4. The molecule has 0 aliphatic carbocycles. The molecule has 1 aliphatic rings. The fraction of sp³-hybridized carbons (Fsp3) is 0.0870. The minimum absolute atomic E-state index is 0.130. The van der Waals surface area contributed by atoms with Crippen molar-refractivity contribution in [3.05, 3.63) is 83.2 Å². The van der Waals surface area contributed by atoms with Gasteiger partial charge in [-0.2, -0.15) is 0 Å². The van der Waals surface area contributed by atoms with Crippen LogP contribution in [0.5, 0.6) is 11.5 Å². The number of aromatic carboxylic acids is 1. The van der Waals surface area contributed by atoms with E-state index in [1.54, 1.807) is 24.3 Å². The van der Waals surface area contributed by atoms with Gasteiger partial charge in [-0.3, -0.25) is 0 Å². The largest absolute Gasteiger partial charge is 0.486 e. The second-order valence-electron chi connectivity index (χ2n) is 6.48. The SMILES string of the molecule is O=C(O)c1ccc(C=Cc2ccc3c(c2)OCCO3)cc1Nc1ccc(F)cc1. The van der Waals surface area contributed by atoms with Crippen molar-refractivity contribution < 1.29 is 23.8 Å². The lowest BCUT2D eigenvalue weighted by Gasteiger charge is -2.18. The Bertz CT molecular complexity index is 1080. The van der Waals surface area contributed by atoms with E-state index in [1.165, 1.54) is 18.2 Å². The second kappa shape index (κ2) is 8.06. The summed E-state index contributed by atoms with van der Waals surface area (Å²) in [7, 11) is 0. The molecule has 29 heavy (non-hydrogen) atoms. The van der Waals surface area contributed by atoms with E-state index in [2.05, 4.69) is 5.32 Å². The monoisotopic (exact) mass is 391 g/mol. The molecule has 6 heteroatoms. The molecule has 0 aromatic heterocycles. The fourth-order valence-corrected chi connectivity index (χ4v) is 3.00. The first kappa shape index (κ1) is 18.6. The number of nitrogens with one attached hydrogen (secondary N) is 1. The molecule has 5 nitrogen and oxygen atoms in total. The number of carboxylic acid groups (broad SMARTS) is 1. The zero-order valence-corrected chi connectivity index (χ0v) is 15.4. The van der Waals surface area contributed by atoms with Gasteiger partial charge in [0.15, 0.2) is 11.5 Å². The van der Waals surface area contributed by atoms with E-state index in [9.17, 15) is 14.3 Å². The van der Waals surface area contributed by atoms with Crippen LogP contribution < -0.4 is 14.8 Å². The highest BCUT2D eigenvalue weighted by Gasteiger charge is 2.12. The molecule has 0 unspecified atom stereocenters. The van der Waals surface area contributed by atoms with Crippen molar-refractivity contribution >= 4 is 29.5 Å². The molecule has 2 N–H and O–H groups in total. The van der Waals surface area contributed by atoms with Gasteiger partial charge in [-0.25, -0.2) is 9.18 Å². The molecule has 4 rings (SSSR count). The Hall–Kier alpha value is -3.80. The molecule has 0 saturated heterocycles. The summed E-state index contributed by atoms with van der Waals surface area (Å²) in [6.45, 7) is 1.07. The third kappa shape index (κ3) is 4.38. The van der Waals surface area contributed by atoms with Gasteiger partial charge in [-0.05, 0) is 59.7 Å². The molecule has 0 bridgehead atoms. The van der Waals surface area contributed by atoms with Gasteiger partial charge in [0.05, 0.1) is 11.3 Å². The van der Waals surface area contributed by atoms with Gasteiger partial charge < -0.3 is 19.9 Å². The number of carboxylic acids is 1. The Labute approximate surface area is 167 Å². The first-order chi connectivity index (χ1) is 14.1. The maximum absolute atomic E-state index is 13.1. The first-order valence-electron chi connectivity index (χ1n) is 9.06. The van der Waals surface area contributed by atoms with Crippen LogP contribution in [0.25, 0.3) is 12.2 Å². The van der Waals surface area contributed by atoms with Gasteiger partial charge in [0, 0.05) is 5.69 Å². The fourth-order valence-electron chi connectivity index (χ4n) is 3.00. The lowest BCUT2D eigenvalue weighted by molar-refractivity contribution is 0.0698. The van der Waals surface area contributed by atoms with Gasteiger partial charge in [0.25, 0.3) is 0 Å². The number of hydrogen-bond donors (Lipinski definition) is 2. The number of halogens is 1. The quantitative estimate of drug-likeness (QED) is 0.585. The van der Waals surface area contributed by atoms with E-state index in [0.29, 0.717) is 30.3 Å². The van der Waals surface area contributed by atoms with E-state index in [1.807, 2.05) is 30.4 Å². The van der Waals surface area contributed by atoms with Crippen molar-refractivity contribution in [1.82, 2.24) is 0 Å². The first-order valence-corrected chi connectivity index (χ1v) is 9.06. The van der Waals surface area contributed by atoms with Crippen LogP contribution in [-0.2, 0) is 0 Å². The molecular weight excluding hydrogens is 373 g/mol. The van der Waals surface area contributed by atoms with Crippen LogP contribution in [0.2, 0.25) is 0 Å². The van der Waals surface area contributed by atoms with E-state index >= 15 is 0 Å². The van der Waals surface area contributed by atoms with Crippen molar-refractivity contribution in [1.29, 1.82) is 0 Å². The molecule has 0 amide bonds. The highest BCUT2D eigenvalue weighted by atomic mass is 19.1. The van der Waals surface area contributed by atoms with Gasteiger partial charge in [0.1, 0.15) is 19.0 Å². The molecule has 0 saturated carbocycles. The van der Waals surface area contributed by atoms with Gasteiger partial charge in [-0.15, -0.1) is 0 Å². The molecule has 0 fully saturated rings. The summed E-state index contributed by atoms with van der Waals surface area (Å²) in [6.07, 6.45) is 3.79. The number of anilines is 2. The third-order valence-electron chi connectivity index (χ3n) is 4.43. The minimum atomic E-state index is -1.04. The Morgan fingerprint density at radius 1 is 0.897 bits per heavy atom. The number of fused-ring (bicyclic) bond motifs is 1. The lowest BCUT2D eigenvalue weighted by Crippen LogP contribution is -2.15. The van der Waals surface area contributed by atoms with Crippen LogP contribution in [-0.4, -0.2) is 24.3 Å². The smallest absolute Gasteiger partial charge is 0.337 e. The zero-order chi connectivity index (χ0) is 20.2. The molecule has 3 aromatic rings. The number of carbonyl (C=O) groups is 1. The van der Waals surface area contributed by atoms with Crippen molar-refractivity contribution in [2.75, 3.05) is 18.5 Å². The molecule has 1 heterocycles.